The van der Waals surface area contributed by atoms with Gasteiger partial charge in [-0.25, -0.2) is 8.42 Å². The van der Waals surface area contributed by atoms with E-state index in [1.807, 2.05) is 4.90 Å². The molecule has 11 heteroatoms. The van der Waals surface area contributed by atoms with Gasteiger partial charge in [-0.15, -0.1) is 0 Å². The van der Waals surface area contributed by atoms with E-state index in [0.29, 0.717) is 38.0 Å². The van der Waals surface area contributed by atoms with Crippen molar-refractivity contribution >= 4 is 21.6 Å². The third-order valence-corrected chi connectivity index (χ3v) is 7.97. The number of nitrogens with one attached hydrogen (secondary N) is 1. The van der Waals surface area contributed by atoms with E-state index in [1.165, 1.54) is 16.4 Å². The number of hydrogen-bond acceptors (Lipinski definition) is 5. The molecule has 0 bridgehead atoms. The molecule has 32 heavy (non-hydrogen) atoms. The van der Waals surface area contributed by atoms with E-state index in [1.54, 1.807) is 6.07 Å². The lowest BCUT2D eigenvalue weighted by Gasteiger charge is -2.40. The molecule has 2 saturated heterocycles. The summed E-state index contributed by atoms with van der Waals surface area (Å²) in [7, 11) is -3.58. The van der Waals surface area contributed by atoms with Crippen LogP contribution in [0.25, 0.3) is 0 Å². The summed E-state index contributed by atoms with van der Waals surface area (Å²) in [6.45, 7) is 1.12. The van der Waals surface area contributed by atoms with E-state index >= 15 is 0 Å². The number of benzene rings is 1. The lowest BCUT2D eigenvalue weighted by molar-refractivity contribution is -0.137. The summed E-state index contributed by atoms with van der Waals surface area (Å²) in [5, 5.41) is 11.9. The number of carbonyl (C=O) groups excluding carboxylic acids is 1. The molecule has 3 aliphatic rings. The Labute approximate surface area is 185 Å². The summed E-state index contributed by atoms with van der Waals surface area (Å²) in [5.74, 6) is -0.265. The number of hydrogen-bond donors (Lipinski definition) is 1. The van der Waals surface area contributed by atoms with Crippen molar-refractivity contribution in [3.63, 3.8) is 0 Å². The zero-order valence-electron chi connectivity index (χ0n) is 17.7. The molecule has 1 atom stereocenters. The standard InChI is InChI=1S/C21H25F3N4O3S/c1-32(30,31)28-13-20(11-18(28)19(29)26-15-3-4-15)6-8-27(9-7-20)16-5-2-14(12-25)17(10-16)21(22,23)24/h2,5,10,15,18H,3-4,6-9,11,13H2,1H3,(H,26,29). The Morgan fingerprint density at radius 3 is 2.44 bits per heavy atom. The normalized spacial score (nSPS) is 23.8. The summed E-state index contributed by atoms with van der Waals surface area (Å²) < 4.78 is 66.0. The first-order valence-corrected chi connectivity index (χ1v) is 12.4. The molecule has 0 radical (unpaired) electrons. The molecule has 7 nitrogen and oxygen atoms in total. The van der Waals surface area contributed by atoms with Gasteiger partial charge in [0.25, 0.3) is 0 Å². The molecule has 1 unspecified atom stereocenters. The Morgan fingerprint density at radius 1 is 1.25 bits per heavy atom. The van der Waals surface area contributed by atoms with E-state index < -0.39 is 33.4 Å². The first-order valence-electron chi connectivity index (χ1n) is 10.6. The van der Waals surface area contributed by atoms with Crippen molar-refractivity contribution in [3.05, 3.63) is 29.3 Å². The van der Waals surface area contributed by atoms with Gasteiger partial charge >= 0.3 is 6.18 Å². The fraction of sp³-hybridized carbons (Fsp3) is 0.619. The molecule has 1 saturated carbocycles. The maximum Gasteiger partial charge on any atom is 0.417 e. The second kappa shape index (κ2) is 7.92. The summed E-state index contributed by atoms with van der Waals surface area (Å²) in [6, 6.07) is 4.66. The van der Waals surface area contributed by atoms with Gasteiger partial charge in [0.15, 0.2) is 0 Å². The van der Waals surface area contributed by atoms with E-state index in [9.17, 15) is 26.4 Å². The van der Waals surface area contributed by atoms with E-state index in [0.717, 1.165) is 25.2 Å². The van der Waals surface area contributed by atoms with Crippen molar-refractivity contribution in [1.29, 1.82) is 5.26 Å². The van der Waals surface area contributed by atoms with Crippen LogP contribution in [0.5, 0.6) is 0 Å². The summed E-state index contributed by atoms with van der Waals surface area (Å²) >= 11 is 0. The Bertz CT molecular complexity index is 1060. The van der Waals surface area contributed by atoms with Crippen LogP contribution in [0.3, 0.4) is 0 Å². The van der Waals surface area contributed by atoms with Crippen LogP contribution in [0.4, 0.5) is 18.9 Å². The molecule has 3 fully saturated rings. The van der Waals surface area contributed by atoms with Gasteiger partial charge in [-0.2, -0.15) is 22.7 Å². The quantitative estimate of drug-likeness (QED) is 0.730. The third kappa shape index (κ3) is 4.57. The number of carbonyl (C=O) groups is 1. The Hall–Kier alpha value is -2.32. The molecule has 1 aromatic carbocycles. The van der Waals surface area contributed by atoms with Gasteiger partial charge in [0, 0.05) is 31.4 Å². The van der Waals surface area contributed by atoms with Gasteiger partial charge in [0.2, 0.25) is 15.9 Å². The van der Waals surface area contributed by atoms with Crippen molar-refractivity contribution in [1.82, 2.24) is 9.62 Å². The Kier molecular flexibility index (Phi) is 5.66. The lowest BCUT2D eigenvalue weighted by atomic mass is 9.76. The second-order valence-corrected chi connectivity index (χ2v) is 11.1. The highest BCUT2D eigenvalue weighted by Crippen LogP contribution is 2.45. The van der Waals surface area contributed by atoms with Gasteiger partial charge in [-0.1, -0.05) is 0 Å². The van der Waals surface area contributed by atoms with Crippen molar-refractivity contribution in [3.8, 4) is 6.07 Å². The summed E-state index contributed by atoms with van der Waals surface area (Å²) in [6.07, 6.45) is -0.172. The number of anilines is 1. The molecule has 0 aromatic heterocycles. The first kappa shape index (κ1) is 22.9. The van der Waals surface area contributed by atoms with Crippen molar-refractivity contribution in [2.45, 2.75) is 50.4 Å². The average Bonchev–Trinajstić information content (AvgIpc) is 3.45. The van der Waals surface area contributed by atoms with Crippen molar-refractivity contribution in [2.24, 2.45) is 5.41 Å². The van der Waals surface area contributed by atoms with E-state index in [4.69, 9.17) is 5.26 Å². The SMILES string of the molecule is CS(=O)(=O)N1CC2(CCN(c3ccc(C#N)c(C(F)(F)F)c3)CC2)CC1C(=O)NC1CC1. The maximum absolute atomic E-state index is 13.3. The zero-order valence-corrected chi connectivity index (χ0v) is 18.5. The van der Waals surface area contributed by atoms with Crippen LogP contribution >= 0.6 is 0 Å². The van der Waals surface area contributed by atoms with Crippen LogP contribution in [0.1, 0.15) is 43.2 Å². The minimum atomic E-state index is -4.62. The van der Waals surface area contributed by atoms with E-state index in [2.05, 4.69) is 5.32 Å². The van der Waals surface area contributed by atoms with Crippen molar-refractivity contribution < 1.29 is 26.4 Å². The van der Waals surface area contributed by atoms with Crippen LogP contribution in [0, 0.1) is 16.7 Å². The maximum atomic E-state index is 13.3. The molecule has 1 spiro atoms. The molecule has 1 aliphatic carbocycles. The topological polar surface area (TPSA) is 93.5 Å². The summed E-state index contributed by atoms with van der Waals surface area (Å²) in [5.41, 5.74) is -1.38. The average molecular weight is 471 g/mol. The molecular formula is C21H25F3N4O3S. The smallest absolute Gasteiger partial charge is 0.371 e. The molecule has 1 aromatic rings. The number of alkyl halides is 3. The number of amides is 1. The Balaban J connectivity index is 1.50. The molecule has 2 heterocycles. The molecule has 2 aliphatic heterocycles. The minimum Gasteiger partial charge on any atom is -0.371 e. The number of nitriles is 1. The highest BCUT2D eigenvalue weighted by Gasteiger charge is 2.51. The molecular weight excluding hydrogens is 445 g/mol. The number of piperidine rings is 1. The van der Waals surface area contributed by atoms with Gasteiger partial charge in [0.1, 0.15) is 6.04 Å². The second-order valence-electron chi connectivity index (χ2n) is 9.14. The fourth-order valence-corrected chi connectivity index (χ4v) is 5.92. The third-order valence-electron chi connectivity index (χ3n) is 6.74. The van der Waals surface area contributed by atoms with Crippen LogP contribution in [0.15, 0.2) is 18.2 Å². The van der Waals surface area contributed by atoms with Crippen LogP contribution in [-0.4, -0.2) is 56.6 Å². The minimum absolute atomic E-state index is 0.126. The number of halogens is 3. The van der Waals surface area contributed by atoms with Gasteiger partial charge in [-0.05, 0) is 55.7 Å². The largest absolute Gasteiger partial charge is 0.417 e. The summed E-state index contributed by atoms with van der Waals surface area (Å²) in [4.78, 5) is 14.5. The van der Waals surface area contributed by atoms with Gasteiger partial charge in [-0.3, -0.25) is 4.79 Å². The van der Waals surface area contributed by atoms with Crippen LogP contribution in [0.2, 0.25) is 0 Å². The highest BCUT2D eigenvalue weighted by molar-refractivity contribution is 7.88. The molecule has 4 rings (SSSR count). The number of nitrogens with zero attached hydrogens (tertiary/aromatic N) is 3. The van der Waals surface area contributed by atoms with E-state index in [-0.39, 0.29) is 23.9 Å². The van der Waals surface area contributed by atoms with Gasteiger partial charge < -0.3 is 10.2 Å². The molecule has 174 valence electrons. The highest BCUT2D eigenvalue weighted by atomic mass is 32.2. The monoisotopic (exact) mass is 470 g/mol. The van der Waals surface area contributed by atoms with Crippen LogP contribution in [-0.2, 0) is 21.0 Å². The zero-order chi connectivity index (χ0) is 23.3. The lowest BCUT2D eigenvalue weighted by Crippen LogP contribution is -2.46. The number of rotatable bonds is 4. The van der Waals surface area contributed by atoms with Crippen LogP contribution < -0.4 is 10.2 Å². The predicted octanol–water partition coefficient (Wildman–Crippen LogP) is 2.48. The molecule has 1 N–H and O–H groups in total. The first-order chi connectivity index (χ1) is 14.9. The Morgan fingerprint density at radius 2 is 1.91 bits per heavy atom. The molecule has 1 amide bonds. The fourth-order valence-electron chi connectivity index (χ4n) is 4.78. The van der Waals surface area contributed by atoms with Crippen molar-refractivity contribution in [2.75, 3.05) is 30.8 Å². The predicted molar refractivity (Wildman–Crippen MR) is 111 cm³/mol. The van der Waals surface area contributed by atoms with Gasteiger partial charge in [0.05, 0.1) is 23.5 Å². The number of sulfonamides is 1.